The summed E-state index contributed by atoms with van der Waals surface area (Å²) in [5.41, 5.74) is 3.22. The molecule has 25 heavy (non-hydrogen) atoms. The highest BCUT2D eigenvalue weighted by Crippen LogP contribution is 2.40. The molecule has 0 amide bonds. The third-order valence-electron chi connectivity index (χ3n) is 6.65. The molecule has 1 aromatic carbocycles. The molecule has 2 aliphatic carbocycles. The first kappa shape index (κ1) is 18.8. The van der Waals surface area contributed by atoms with Gasteiger partial charge in [-0.05, 0) is 92.7 Å². The summed E-state index contributed by atoms with van der Waals surface area (Å²) in [5.74, 6) is 4.41. The molecule has 2 saturated carbocycles. The highest BCUT2D eigenvalue weighted by atomic mass is 35.5. The van der Waals surface area contributed by atoms with Gasteiger partial charge < -0.3 is 4.74 Å². The fraction of sp³-hybridized carbons (Fsp3) is 0.652. The summed E-state index contributed by atoms with van der Waals surface area (Å²) in [5, 5.41) is 0. The quantitative estimate of drug-likeness (QED) is 0.516. The van der Waals surface area contributed by atoms with Crippen LogP contribution in [0.5, 0.6) is 5.75 Å². The highest BCUT2D eigenvalue weighted by Gasteiger charge is 2.24. The Labute approximate surface area is 158 Å². The van der Waals surface area contributed by atoms with E-state index in [4.69, 9.17) is 16.3 Å². The lowest BCUT2D eigenvalue weighted by Crippen LogP contribution is -2.17. The lowest BCUT2D eigenvalue weighted by atomic mass is 9.74. The van der Waals surface area contributed by atoms with E-state index in [0.29, 0.717) is 0 Å². The van der Waals surface area contributed by atoms with Crippen molar-refractivity contribution in [1.29, 1.82) is 0 Å². The predicted molar refractivity (Wildman–Crippen MR) is 107 cm³/mol. The SMILES string of the molecule is COc1ccc(C2CCC(CC[C@H]3CC[C@H](/C=C/Cl)CC3)CC2)cc1. The minimum Gasteiger partial charge on any atom is -0.497 e. The Morgan fingerprint density at radius 3 is 1.96 bits per heavy atom. The first-order chi connectivity index (χ1) is 12.3. The second-order valence-electron chi connectivity index (χ2n) is 8.17. The van der Waals surface area contributed by atoms with Crippen LogP contribution >= 0.6 is 11.6 Å². The minimum absolute atomic E-state index is 0.744. The lowest BCUT2D eigenvalue weighted by Gasteiger charge is -2.31. The lowest BCUT2D eigenvalue weighted by molar-refractivity contribution is 0.246. The van der Waals surface area contributed by atoms with Crippen molar-refractivity contribution in [3.63, 3.8) is 0 Å². The van der Waals surface area contributed by atoms with Gasteiger partial charge >= 0.3 is 0 Å². The summed E-state index contributed by atoms with van der Waals surface area (Å²) in [6.45, 7) is 0. The maximum atomic E-state index is 5.72. The van der Waals surface area contributed by atoms with Gasteiger partial charge in [-0.2, -0.15) is 0 Å². The molecule has 2 heteroatoms. The Bertz CT molecular complexity index is 520. The summed E-state index contributed by atoms with van der Waals surface area (Å²) in [6, 6.07) is 8.74. The number of allylic oxidation sites excluding steroid dienone is 1. The van der Waals surface area contributed by atoms with Crippen molar-refractivity contribution in [2.24, 2.45) is 17.8 Å². The first-order valence-corrected chi connectivity index (χ1v) is 10.6. The van der Waals surface area contributed by atoms with Gasteiger partial charge in [0, 0.05) is 5.54 Å². The van der Waals surface area contributed by atoms with E-state index in [2.05, 4.69) is 30.3 Å². The molecule has 0 bridgehead atoms. The average Bonchev–Trinajstić information content (AvgIpc) is 2.68. The van der Waals surface area contributed by atoms with E-state index >= 15 is 0 Å². The van der Waals surface area contributed by atoms with Crippen molar-refractivity contribution >= 4 is 11.6 Å². The Morgan fingerprint density at radius 1 is 0.880 bits per heavy atom. The van der Waals surface area contributed by atoms with Crippen molar-refractivity contribution in [1.82, 2.24) is 0 Å². The molecule has 0 spiro atoms. The number of methoxy groups -OCH3 is 1. The van der Waals surface area contributed by atoms with Gasteiger partial charge in [0.25, 0.3) is 0 Å². The number of hydrogen-bond donors (Lipinski definition) is 0. The number of ether oxygens (including phenoxy) is 1. The average molecular weight is 361 g/mol. The fourth-order valence-corrected chi connectivity index (χ4v) is 5.11. The molecule has 1 nitrogen and oxygen atoms in total. The molecule has 0 aromatic heterocycles. The largest absolute Gasteiger partial charge is 0.497 e. The summed E-state index contributed by atoms with van der Waals surface area (Å²) in [6.07, 6.45) is 16.2. The molecule has 0 unspecified atom stereocenters. The van der Waals surface area contributed by atoms with Crippen LogP contribution in [0.25, 0.3) is 0 Å². The van der Waals surface area contributed by atoms with Gasteiger partial charge in [-0.25, -0.2) is 0 Å². The zero-order valence-corrected chi connectivity index (χ0v) is 16.4. The van der Waals surface area contributed by atoms with Gasteiger partial charge in [-0.3, -0.25) is 0 Å². The first-order valence-electron chi connectivity index (χ1n) is 10.2. The second kappa shape index (κ2) is 9.67. The van der Waals surface area contributed by atoms with Crippen LogP contribution in [0.3, 0.4) is 0 Å². The van der Waals surface area contributed by atoms with Crippen molar-refractivity contribution < 1.29 is 4.74 Å². The number of hydrogen-bond acceptors (Lipinski definition) is 1. The zero-order valence-electron chi connectivity index (χ0n) is 15.6. The normalized spacial score (nSPS) is 30.5. The van der Waals surface area contributed by atoms with E-state index in [1.807, 2.05) is 0 Å². The molecule has 0 aliphatic heterocycles. The van der Waals surface area contributed by atoms with Crippen LogP contribution in [-0.2, 0) is 0 Å². The van der Waals surface area contributed by atoms with Crippen LogP contribution in [0.1, 0.15) is 75.7 Å². The van der Waals surface area contributed by atoms with Crippen LogP contribution < -0.4 is 4.74 Å². The van der Waals surface area contributed by atoms with Crippen LogP contribution in [0.2, 0.25) is 0 Å². The van der Waals surface area contributed by atoms with E-state index < -0.39 is 0 Å². The van der Waals surface area contributed by atoms with E-state index in [9.17, 15) is 0 Å². The monoisotopic (exact) mass is 360 g/mol. The summed E-state index contributed by atoms with van der Waals surface area (Å²) in [4.78, 5) is 0. The van der Waals surface area contributed by atoms with Crippen LogP contribution in [0.15, 0.2) is 35.9 Å². The van der Waals surface area contributed by atoms with Crippen molar-refractivity contribution in [3.05, 3.63) is 41.4 Å². The molecule has 0 atom stereocenters. The fourth-order valence-electron chi connectivity index (χ4n) is 4.90. The molecule has 138 valence electrons. The Kier molecular flexibility index (Phi) is 7.28. The molecule has 2 aliphatic rings. The molecular formula is C23H33ClO. The number of halogens is 1. The molecule has 0 saturated heterocycles. The van der Waals surface area contributed by atoms with E-state index in [1.54, 1.807) is 12.6 Å². The predicted octanol–water partition coefficient (Wildman–Crippen LogP) is 7.31. The topological polar surface area (TPSA) is 9.23 Å². The van der Waals surface area contributed by atoms with E-state index in [-0.39, 0.29) is 0 Å². The minimum atomic E-state index is 0.744. The second-order valence-corrected chi connectivity index (χ2v) is 8.42. The van der Waals surface area contributed by atoms with Crippen LogP contribution in [0, 0.1) is 17.8 Å². The van der Waals surface area contributed by atoms with Gasteiger partial charge in [0.2, 0.25) is 0 Å². The van der Waals surface area contributed by atoms with Crippen LogP contribution in [0.4, 0.5) is 0 Å². The molecular weight excluding hydrogens is 328 g/mol. The maximum absolute atomic E-state index is 5.72. The van der Waals surface area contributed by atoms with Gasteiger partial charge in [-0.15, -0.1) is 0 Å². The van der Waals surface area contributed by atoms with Gasteiger partial charge in [0.1, 0.15) is 5.75 Å². The summed E-state index contributed by atoms with van der Waals surface area (Å²) >= 11 is 5.72. The molecule has 2 fully saturated rings. The number of benzene rings is 1. The van der Waals surface area contributed by atoms with Crippen molar-refractivity contribution in [2.75, 3.05) is 7.11 Å². The van der Waals surface area contributed by atoms with Crippen molar-refractivity contribution in [2.45, 2.75) is 70.1 Å². The maximum Gasteiger partial charge on any atom is 0.118 e. The molecule has 1 aromatic rings. The van der Waals surface area contributed by atoms with Gasteiger partial charge in [0.15, 0.2) is 0 Å². The molecule has 0 heterocycles. The third kappa shape index (κ3) is 5.51. The smallest absolute Gasteiger partial charge is 0.118 e. The van der Waals surface area contributed by atoms with E-state index in [0.717, 1.165) is 29.4 Å². The standard InChI is InChI=1S/C23H33ClO/c1-25-23-14-12-22(13-15-23)21-10-8-19(9-11-21)3-2-18-4-6-20(7-5-18)16-17-24/h12-21H,2-11H2,1H3/b17-16+/t18-,19?,20-,21?. The summed E-state index contributed by atoms with van der Waals surface area (Å²) in [7, 11) is 1.74. The molecule has 3 rings (SSSR count). The summed E-state index contributed by atoms with van der Waals surface area (Å²) < 4.78 is 5.27. The zero-order chi connectivity index (χ0) is 17.5. The molecule has 0 N–H and O–H groups in total. The van der Waals surface area contributed by atoms with Gasteiger partial charge in [-0.1, -0.05) is 42.7 Å². The third-order valence-corrected chi connectivity index (χ3v) is 6.80. The van der Waals surface area contributed by atoms with Crippen LogP contribution in [-0.4, -0.2) is 7.11 Å². The number of rotatable bonds is 6. The Balaban J connectivity index is 1.36. The molecule has 0 radical (unpaired) electrons. The highest BCUT2D eigenvalue weighted by molar-refractivity contribution is 6.25. The van der Waals surface area contributed by atoms with Crippen molar-refractivity contribution in [3.8, 4) is 5.75 Å². The Morgan fingerprint density at radius 2 is 1.44 bits per heavy atom. The van der Waals surface area contributed by atoms with Gasteiger partial charge in [0.05, 0.1) is 7.11 Å². The Hall–Kier alpha value is -0.950. The van der Waals surface area contributed by atoms with E-state index in [1.165, 1.54) is 69.8 Å².